The summed E-state index contributed by atoms with van der Waals surface area (Å²) in [5, 5.41) is 9.10. The van der Waals surface area contributed by atoms with Crippen molar-refractivity contribution in [2.45, 2.75) is 12.8 Å². The number of carbonyl (C=O) groups is 1. The first-order chi connectivity index (χ1) is 6.70. The van der Waals surface area contributed by atoms with Crippen LogP contribution in [0.1, 0.15) is 12.0 Å². The molecule has 0 aromatic heterocycles. The van der Waals surface area contributed by atoms with E-state index in [-0.39, 0.29) is 6.42 Å². The van der Waals surface area contributed by atoms with Crippen molar-refractivity contribution in [1.82, 2.24) is 0 Å². The third kappa shape index (κ3) is 3.62. The molecule has 0 bridgehead atoms. The van der Waals surface area contributed by atoms with Crippen molar-refractivity contribution < 1.29 is 9.90 Å². The second kappa shape index (κ2) is 5.45. The minimum atomic E-state index is -0.819. The molecule has 0 aliphatic carbocycles. The van der Waals surface area contributed by atoms with Gasteiger partial charge in [0.2, 0.25) is 0 Å². The Hall–Kier alpha value is -1.28. The van der Waals surface area contributed by atoms with Gasteiger partial charge in [0.15, 0.2) is 0 Å². The maximum Gasteiger partial charge on any atom is 0.307 e. The van der Waals surface area contributed by atoms with Crippen molar-refractivity contribution in [3.63, 3.8) is 0 Å². The molecule has 74 valence electrons. The fourth-order valence-corrected chi connectivity index (χ4v) is 1.27. The Kier molecular flexibility index (Phi) is 4.20. The first-order valence-corrected chi connectivity index (χ1v) is 4.68. The van der Waals surface area contributed by atoms with Crippen molar-refractivity contribution in [2.24, 2.45) is 0 Å². The third-order valence-electron chi connectivity index (χ3n) is 1.75. The van der Waals surface area contributed by atoms with Gasteiger partial charge in [-0.25, -0.2) is 0 Å². The molecule has 1 rings (SSSR count). The van der Waals surface area contributed by atoms with E-state index in [4.69, 9.17) is 16.7 Å². The fraction of sp³-hybridized carbons (Fsp3) is 0.182. The molecule has 0 heterocycles. The topological polar surface area (TPSA) is 37.3 Å². The molecule has 0 radical (unpaired) electrons. The van der Waals surface area contributed by atoms with E-state index in [1.165, 1.54) is 0 Å². The second-order valence-electron chi connectivity index (χ2n) is 2.86. The van der Waals surface area contributed by atoms with Gasteiger partial charge in [-0.05, 0) is 18.1 Å². The fourth-order valence-electron chi connectivity index (χ4n) is 1.06. The number of benzene rings is 1. The zero-order chi connectivity index (χ0) is 10.4. The summed E-state index contributed by atoms with van der Waals surface area (Å²) in [5.74, 6) is -0.819. The quantitative estimate of drug-likeness (QED) is 0.776. The first-order valence-electron chi connectivity index (χ1n) is 4.30. The minimum absolute atomic E-state index is 0.0600. The van der Waals surface area contributed by atoms with E-state index in [1.807, 2.05) is 30.3 Å². The van der Waals surface area contributed by atoms with Crippen molar-refractivity contribution >= 4 is 17.6 Å². The maximum atomic E-state index is 10.2. The number of hydrogen-bond donors (Lipinski definition) is 1. The van der Waals surface area contributed by atoms with Crippen LogP contribution in [-0.4, -0.2) is 11.1 Å². The molecule has 3 heteroatoms. The third-order valence-corrected chi connectivity index (χ3v) is 2.12. The van der Waals surface area contributed by atoms with E-state index < -0.39 is 5.97 Å². The van der Waals surface area contributed by atoms with Crippen LogP contribution >= 0.6 is 11.6 Å². The maximum absolute atomic E-state index is 10.2. The largest absolute Gasteiger partial charge is 0.481 e. The highest BCUT2D eigenvalue weighted by Gasteiger charge is 1.95. The zero-order valence-corrected chi connectivity index (χ0v) is 8.37. The Balaban J connectivity index is 2.49. The van der Waals surface area contributed by atoms with Gasteiger partial charge in [-0.1, -0.05) is 42.0 Å². The van der Waals surface area contributed by atoms with Crippen LogP contribution in [0, 0.1) is 0 Å². The monoisotopic (exact) mass is 210 g/mol. The number of rotatable bonds is 4. The number of hydrogen-bond acceptors (Lipinski definition) is 1. The number of carboxylic acid groups (broad SMARTS) is 1. The molecule has 2 nitrogen and oxygen atoms in total. The number of aliphatic carboxylic acids is 1. The first kappa shape index (κ1) is 10.8. The summed E-state index contributed by atoms with van der Waals surface area (Å²) in [6, 6.07) is 7.52. The van der Waals surface area contributed by atoms with Gasteiger partial charge in [0.25, 0.3) is 0 Å². The van der Waals surface area contributed by atoms with Crippen molar-refractivity contribution in [3.05, 3.63) is 47.0 Å². The smallest absolute Gasteiger partial charge is 0.307 e. The van der Waals surface area contributed by atoms with Crippen molar-refractivity contribution in [1.29, 1.82) is 0 Å². The Bertz CT molecular complexity index is 345. The van der Waals surface area contributed by atoms with Crippen LogP contribution in [0.4, 0.5) is 0 Å². The van der Waals surface area contributed by atoms with E-state index in [0.29, 0.717) is 11.4 Å². The van der Waals surface area contributed by atoms with Gasteiger partial charge in [-0.2, -0.15) is 0 Å². The number of allylic oxidation sites excluding steroid dienone is 1. The van der Waals surface area contributed by atoms with Crippen molar-refractivity contribution in [3.8, 4) is 0 Å². The summed E-state index contributed by atoms with van der Waals surface area (Å²) in [7, 11) is 0. The van der Waals surface area contributed by atoms with Crippen LogP contribution < -0.4 is 0 Å². The van der Waals surface area contributed by atoms with Crippen LogP contribution in [0.15, 0.2) is 36.4 Å². The van der Waals surface area contributed by atoms with Gasteiger partial charge >= 0.3 is 5.97 Å². The highest BCUT2D eigenvalue weighted by Crippen LogP contribution is 2.15. The zero-order valence-electron chi connectivity index (χ0n) is 7.61. The summed E-state index contributed by atoms with van der Waals surface area (Å²) in [4.78, 5) is 10.2. The highest BCUT2D eigenvalue weighted by atomic mass is 35.5. The standard InChI is InChI=1S/C11H11ClO2/c12-10-7-3-1-5-9(10)6-2-4-8-11(13)14/h1-5,7H,6,8H2,(H,13,14)/b4-2+. The Morgan fingerprint density at radius 2 is 2.07 bits per heavy atom. The van der Waals surface area contributed by atoms with Gasteiger partial charge in [0.1, 0.15) is 0 Å². The highest BCUT2D eigenvalue weighted by molar-refractivity contribution is 6.31. The molecule has 0 amide bonds. The molecule has 0 atom stereocenters. The van der Waals surface area contributed by atoms with E-state index in [0.717, 1.165) is 5.56 Å². The van der Waals surface area contributed by atoms with Gasteiger partial charge in [0, 0.05) is 5.02 Å². The lowest BCUT2D eigenvalue weighted by molar-refractivity contribution is -0.136. The summed E-state index contributed by atoms with van der Waals surface area (Å²) in [5.41, 5.74) is 1.01. The van der Waals surface area contributed by atoms with Gasteiger partial charge in [0.05, 0.1) is 6.42 Å². The summed E-state index contributed by atoms with van der Waals surface area (Å²) >= 11 is 5.92. The molecular weight excluding hydrogens is 200 g/mol. The molecule has 14 heavy (non-hydrogen) atoms. The van der Waals surface area contributed by atoms with E-state index in [9.17, 15) is 4.79 Å². The van der Waals surface area contributed by atoms with Gasteiger partial charge < -0.3 is 5.11 Å². The van der Waals surface area contributed by atoms with E-state index >= 15 is 0 Å². The van der Waals surface area contributed by atoms with Gasteiger partial charge in [-0.3, -0.25) is 4.79 Å². The Morgan fingerprint density at radius 3 is 2.71 bits per heavy atom. The van der Waals surface area contributed by atoms with Crippen LogP contribution in [0.3, 0.4) is 0 Å². The molecular formula is C11H11ClO2. The minimum Gasteiger partial charge on any atom is -0.481 e. The molecule has 0 unspecified atom stereocenters. The molecule has 0 aliphatic heterocycles. The lowest BCUT2D eigenvalue weighted by atomic mass is 10.1. The second-order valence-corrected chi connectivity index (χ2v) is 3.27. The lowest BCUT2D eigenvalue weighted by Crippen LogP contribution is -1.90. The lowest BCUT2D eigenvalue weighted by Gasteiger charge is -1.98. The average Bonchev–Trinajstić information content (AvgIpc) is 2.15. The van der Waals surface area contributed by atoms with E-state index in [1.54, 1.807) is 6.08 Å². The predicted octanol–water partition coefficient (Wildman–Crippen LogP) is 2.91. The normalized spacial score (nSPS) is 10.6. The molecule has 1 aromatic carbocycles. The summed E-state index contributed by atoms with van der Waals surface area (Å²) < 4.78 is 0. The van der Waals surface area contributed by atoms with Crippen LogP contribution in [-0.2, 0) is 11.2 Å². The number of halogens is 1. The molecule has 0 saturated carbocycles. The molecule has 0 spiro atoms. The number of carboxylic acids is 1. The summed E-state index contributed by atoms with van der Waals surface area (Å²) in [6.45, 7) is 0. The van der Waals surface area contributed by atoms with Crippen molar-refractivity contribution in [2.75, 3.05) is 0 Å². The predicted molar refractivity (Wildman–Crippen MR) is 56.5 cm³/mol. The molecule has 1 N–H and O–H groups in total. The van der Waals surface area contributed by atoms with Crippen LogP contribution in [0.5, 0.6) is 0 Å². The van der Waals surface area contributed by atoms with Gasteiger partial charge in [-0.15, -0.1) is 0 Å². The van der Waals surface area contributed by atoms with Crippen LogP contribution in [0.2, 0.25) is 5.02 Å². The summed E-state index contributed by atoms with van der Waals surface area (Å²) in [6.07, 6.45) is 4.18. The SMILES string of the molecule is O=C(O)C/C=C/Cc1ccccc1Cl. The molecule has 1 aromatic rings. The Morgan fingerprint density at radius 1 is 1.36 bits per heavy atom. The molecule has 0 aliphatic rings. The molecule has 0 fully saturated rings. The van der Waals surface area contributed by atoms with Crippen LogP contribution in [0.25, 0.3) is 0 Å². The van der Waals surface area contributed by atoms with E-state index in [2.05, 4.69) is 0 Å². The average molecular weight is 211 g/mol. The Labute approximate surface area is 87.8 Å². The molecule has 0 saturated heterocycles.